The lowest BCUT2D eigenvalue weighted by Gasteiger charge is -2.00. The summed E-state index contributed by atoms with van der Waals surface area (Å²) >= 11 is 0. The molecule has 0 bridgehead atoms. The molecular formula is C15H13NO3S. The second kappa shape index (κ2) is 4.47. The Labute approximate surface area is 116 Å². The average Bonchev–Trinajstić information content (AvgIpc) is 2.80. The summed E-state index contributed by atoms with van der Waals surface area (Å²) in [5.74, 6) is 0.713. The van der Waals surface area contributed by atoms with E-state index in [0.29, 0.717) is 11.3 Å². The van der Waals surface area contributed by atoms with E-state index in [1.54, 1.807) is 6.07 Å². The van der Waals surface area contributed by atoms with Crippen molar-refractivity contribution in [2.45, 2.75) is 11.8 Å². The van der Waals surface area contributed by atoms with Crippen LogP contribution in [0, 0.1) is 6.92 Å². The van der Waals surface area contributed by atoms with E-state index in [-0.39, 0.29) is 4.90 Å². The fraction of sp³-hybridized carbons (Fsp3) is 0.0667. The Morgan fingerprint density at radius 1 is 1.05 bits per heavy atom. The van der Waals surface area contributed by atoms with Crippen molar-refractivity contribution in [2.24, 2.45) is 5.14 Å². The third-order valence-corrected chi connectivity index (χ3v) is 4.14. The lowest BCUT2D eigenvalue weighted by molar-refractivity contribution is 0.598. The third kappa shape index (κ3) is 2.21. The summed E-state index contributed by atoms with van der Waals surface area (Å²) in [5, 5.41) is 5.85. The van der Waals surface area contributed by atoms with E-state index in [1.165, 1.54) is 12.1 Å². The second-order valence-electron chi connectivity index (χ2n) is 4.67. The van der Waals surface area contributed by atoms with Crippen molar-refractivity contribution in [1.29, 1.82) is 0 Å². The molecule has 0 unspecified atom stereocenters. The average molecular weight is 287 g/mol. The number of benzene rings is 2. The molecule has 102 valence electrons. The molecule has 1 aromatic heterocycles. The third-order valence-electron chi connectivity index (χ3n) is 3.23. The van der Waals surface area contributed by atoms with Crippen LogP contribution in [-0.4, -0.2) is 8.42 Å². The second-order valence-corrected chi connectivity index (χ2v) is 6.23. The first-order valence-electron chi connectivity index (χ1n) is 6.07. The van der Waals surface area contributed by atoms with Gasteiger partial charge in [0, 0.05) is 10.9 Å². The topological polar surface area (TPSA) is 73.3 Å². The molecule has 0 saturated heterocycles. The van der Waals surface area contributed by atoms with Crippen LogP contribution in [0.15, 0.2) is 57.8 Å². The number of hydrogen-bond acceptors (Lipinski definition) is 3. The molecule has 3 aromatic rings. The number of sulfonamides is 1. The number of rotatable bonds is 2. The molecule has 0 fully saturated rings. The van der Waals surface area contributed by atoms with Gasteiger partial charge in [-0.3, -0.25) is 0 Å². The van der Waals surface area contributed by atoms with Crippen molar-refractivity contribution >= 4 is 21.0 Å². The molecule has 2 aromatic carbocycles. The Morgan fingerprint density at radius 2 is 1.80 bits per heavy atom. The van der Waals surface area contributed by atoms with Gasteiger partial charge in [0.15, 0.2) is 0 Å². The largest absolute Gasteiger partial charge is 0.456 e. The van der Waals surface area contributed by atoms with Crippen LogP contribution in [-0.2, 0) is 10.0 Å². The first kappa shape index (κ1) is 12.9. The van der Waals surface area contributed by atoms with Gasteiger partial charge >= 0.3 is 0 Å². The maximum Gasteiger partial charge on any atom is 0.238 e. The molecule has 2 N–H and O–H groups in total. The Bertz CT molecular complexity index is 894. The van der Waals surface area contributed by atoms with Crippen LogP contribution in [0.5, 0.6) is 0 Å². The summed E-state index contributed by atoms with van der Waals surface area (Å²) in [6.45, 7) is 2.00. The summed E-state index contributed by atoms with van der Waals surface area (Å²) in [4.78, 5) is 0.0853. The van der Waals surface area contributed by atoms with Crippen molar-refractivity contribution in [2.75, 3.05) is 0 Å². The highest BCUT2D eigenvalue weighted by Crippen LogP contribution is 2.30. The highest BCUT2D eigenvalue weighted by Gasteiger charge is 2.12. The smallest absolute Gasteiger partial charge is 0.238 e. The minimum atomic E-state index is -3.70. The molecule has 5 heteroatoms. The van der Waals surface area contributed by atoms with E-state index in [1.807, 2.05) is 37.3 Å². The normalized spacial score (nSPS) is 11.9. The maximum atomic E-state index is 11.4. The minimum Gasteiger partial charge on any atom is -0.456 e. The van der Waals surface area contributed by atoms with E-state index in [9.17, 15) is 8.42 Å². The van der Waals surface area contributed by atoms with E-state index in [4.69, 9.17) is 9.56 Å². The van der Waals surface area contributed by atoms with Gasteiger partial charge in [-0.15, -0.1) is 0 Å². The van der Waals surface area contributed by atoms with E-state index >= 15 is 0 Å². The summed E-state index contributed by atoms with van der Waals surface area (Å²) in [6, 6.07) is 14.3. The molecule has 0 aliphatic rings. The van der Waals surface area contributed by atoms with Crippen LogP contribution >= 0.6 is 0 Å². The maximum absolute atomic E-state index is 11.4. The monoisotopic (exact) mass is 287 g/mol. The van der Waals surface area contributed by atoms with Gasteiger partial charge < -0.3 is 4.42 Å². The Hall–Kier alpha value is -2.11. The molecule has 3 rings (SSSR count). The van der Waals surface area contributed by atoms with Crippen molar-refractivity contribution in [3.05, 3.63) is 54.1 Å². The molecule has 0 aliphatic carbocycles. The van der Waals surface area contributed by atoms with Gasteiger partial charge in [-0.2, -0.15) is 0 Å². The molecule has 0 atom stereocenters. The van der Waals surface area contributed by atoms with Crippen LogP contribution in [0.3, 0.4) is 0 Å². The zero-order valence-electron chi connectivity index (χ0n) is 10.8. The number of primary sulfonamides is 1. The molecule has 0 saturated carbocycles. The quantitative estimate of drug-likeness (QED) is 0.787. The number of fused-ring (bicyclic) bond motifs is 1. The fourth-order valence-electron chi connectivity index (χ4n) is 2.18. The van der Waals surface area contributed by atoms with Gasteiger partial charge in [-0.1, -0.05) is 24.3 Å². The molecule has 0 amide bonds. The Balaban J connectivity index is 2.19. The number of aryl methyl sites for hydroxylation is 1. The number of hydrogen-bond donors (Lipinski definition) is 1. The van der Waals surface area contributed by atoms with E-state index in [2.05, 4.69) is 0 Å². The number of furan rings is 1. The molecule has 0 spiro atoms. The zero-order chi connectivity index (χ0) is 14.3. The number of nitrogens with two attached hydrogens (primary N) is 1. The van der Waals surface area contributed by atoms with Crippen molar-refractivity contribution in [3.8, 4) is 11.3 Å². The zero-order valence-corrected chi connectivity index (χ0v) is 11.6. The van der Waals surface area contributed by atoms with Gasteiger partial charge in [-0.05, 0) is 36.8 Å². The van der Waals surface area contributed by atoms with Crippen LogP contribution in [0.4, 0.5) is 0 Å². The van der Waals surface area contributed by atoms with Crippen LogP contribution in [0.2, 0.25) is 0 Å². The lowest BCUT2D eigenvalue weighted by atomic mass is 10.1. The van der Waals surface area contributed by atoms with Gasteiger partial charge in [0.2, 0.25) is 10.0 Å². The van der Waals surface area contributed by atoms with Crippen molar-refractivity contribution < 1.29 is 12.8 Å². The molecule has 0 radical (unpaired) electrons. The van der Waals surface area contributed by atoms with E-state index in [0.717, 1.165) is 16.5 Å². The first-order valence-corrected chi connectivity index (χ1v) is 7.62. The van der Waals surface area contributed by atoms with Crippen LogP contribution < -0.4 is 5.14 Å². The van der Waals surface area contributed by atoms with Crippen molar-refractivity contribution in [1.82, 2.24) is 0 Å². The highest BCUT2D eigenvalue weighted by atomic mass is 32.2. The van der Waals surface area contributed by atoms with Crippen LogP contribution in [0.25, 0.3) is 22.3 Å². The molecule has 20 heavy (non-hydrogen) atoms. The standard InChI is InChI=1S/C15H13NO3S/c1-10-4-2-3-5-13(10)15-9-11-8-12(20(16,17)18)6-7-14(11)19-15/h2-9H,1H3,(H2,16,17,18). The summed E-state index contributed by atoms with van der Waals surface area (Å²) in [6.07, 6.45) is 0. The summed E-state index contributed by atoms with van der Waals surface area (Å²) in [7, 11) is -3.70. The predicted molar refractivity (Wildman–Crippen MR) is 77.8 cm³/mol. The van der Waals surface area contributed by atoms with E-state index < -0.39 is 10.0 Å². The minimum absolute atomic E-state index is 0.0853. The summed E-state index contributed by atoms with van der Waals surface area (Å²) in [5.41, 5.74) is 2.72. The highest BCUT2D eigenvalue weighted by molar-refractivity contribution is 7.89. The fourth-order valence-corrected chi connectivity index (χ4v) is 2.73. The van der Waals surface area contributed by atoms with Gasteiger partial charge in [0.1, 0.15) is 11.3 Å². The van der Waals surface area contributed by atoms with Crippen LogP contribution in [0.1, 0.15) is 5.56 Å². The molecule has 0 aliphatic heterocycles. The molecular weight excluding hydrogens is 274 g/mol. The predicted octanol–water partition coefficient (Wildman–Crippen LogP) is 3.06. The first-order chi connectivity index (χ1) is 9.45. The summed E-state index contributed by atoms with van der Waals surface area (Å²) < 4.78 is 28.5. The van der Waals surface area contributed by atoms with Gasteiger partial charge in [0.25, 0.3) is 0 Å². The molecule has 4 nitrogen and oxygen atoms in total. The Morgan fingerprint density at radius 3 is 2.50 bits per heavy atom. The Kier molecular flexibility index (Phi) is 2.88. The lowest BCUT2D eigenvalue weighted by Crippen LogP contribution is -2.11. The molecule has 1 heterocycles. The SMILES string of the molecule is Cc1ccccc1-c1cc2cc(S(N)(=O)=O)ccc2o1. The van der Waals surface area contributed by atoms with Gasteiger partial charge in [-0.25, -0.2) is 13.6 Å². The van der Waals surface area contributed by atoms with Gasteiger partial charge in [0.05, 0.1) is 4.90 Å². The van der Waals surface area contributed by atoms with Crippen molar-refractivity contribution in [3.63, 3.8) is 0 Å².